The van der Waals surface area contributed by atoms with E-state index in [-0.39, 0.29) is 0 Å². The van der Waals surface area contributed by atoms with E-state index in [1.165, 1.54) is 12.8 Å². The lowest BCUT2D eigenvalue weighted by atomic mass is 9.91. The van der Waals surface area contributed by atoms with Crippen LogP contribution in [0, 0.1) is 18.3 Å². The molecule has 1 aliphatic rings. The van der Waals surface area contributed by atoms with E-state index < -0.39 is 0 Å². The summed E-state index contributed by atoms with van der Waals surface area (Å²) < 4.78 is 2.02. The molecule has 1 aromatic heterocycles. The molecule has 2 rings (SSSR count). The Hall–Kier alpha value is -0.990. The van der Waals surface area contributed by atoms with Crippen LogP contribution in [0.4, 0.5) is 5.82 Å². The monoisotopic (exact) mass is 207 g/mol. The van der Waals surface area contributed by atoms with E-state index in [9.17, 15) is 0 Å². The minimum atomic E-state index is 0.427. The molecule has 2 unspecified atom stereocenters. The molecule has 0 bridgehead atoms. The molecule has 0 radical (unpaired) electrons. The zero-order valence-corrected chi connectivity index (χ0v) is 10.1. The third kappa shape index (κ3) is 1.87. The maximum atomic E-state index is 5.97. The summed E-state index contributed by atoms with van der Waals surface area (Å²) in [6, 6.07) is 2.44. The summed E-state index contributed by atoms with van der Waals surface area (Å²) in [7, 11) is 0. The van der Waals surface area contributed by atoms with Gasteiger partial charge in [-0.25, -0.2) is 4.68 Å². The number of nitrogens with two attached hydrogens (primary N) is 1. The lowest BCUT2D eigenvalue weighted by Gasteiger charge is -2.18. The van der Waals surface area contributed by atoms with Crippen molar-refractivity contribution in [2.45, 2.75) is 46.6 Å². The van der Waals surface area contributed by atoms with E-state index in [4.69, 9.17) is 5.73 Å². The quantitative estimate of drug-likeness (QED) is 0.769. The summed E-state index contributed by atoms with van der Waals surface area (Å²) in [5.74, 6) is 1.48. The van der Waals surface area contributed by atoms with Crippen molar-refractivity contribution in [1.82, 2.24) is 9.78 Å². The zero-order chi connectivity index (χ0) is 11.2. The van der Waals surface area contributed by atoms with Crippen LogP contribution in [0.25, 0.3) is 0 Å². The minimum absolute atomic E-state index is 0.427. The van der Waals surface area contributed by atoms with Gasteiger partial charge in [-0.1, -0.05) is 20.8 Å². The van der Waals surface area contributed by atoms with Crippen molar-refractivity contribution in [2.24, 2.45) is 11.3 Å². The Balaban J connectivity index is 2.29. The summed E-state index contributed by atoms with van der Waals surface area (Å²) >= 11 is 0. The fourth-order valence-corrected chi connectivity index (χ4v) is 2.99. The van der Waals surface area contributed by atoms with E-state index >= 15 is 0 Å². The first-order valence-electron chi connectivity index (χ1n) is 5.71. The largest absolute Gasteiger partial charge is 0.384 e. The van der Waals surface area contributed by atoms with Crippen LogP contribution in [0.2, 0.25) is 0 Å². The van der Waals surface area contributed by atoms with E-state index in [1.807, 2.05) is 17.7 Å². The van der Waals surface area contributed by atoms with Gasteiger partial charge in [0.25, 0.3) is 0 Å². The predicted octanol–water partition coefficient (Wildman–Crippen LogP) is 2.77. The Morgan fingerprint density at radius 2 is 2.13 bits per heavy atom. The normalized spacial score (nSPS) is 29.6. The fourth-order valence-electron chi connectivity index (χ4n) is 2.99. The van der Waals surface area contributed by atoms with E-state index in [2.05, 4.69) is 25.9 Å². The molecule has 2 atom stereocenters. The van der Waals surface area contributed by atoms with Gasteiger partial charge in [0.2, 0.25) is 0 Å². The summed E-state index contributed by atoms with van der Waals surface area (Å²) in [5.41, 5.74) is 7.42. The van der Waals surface area contributed by atoms with Crippen molar-refractivity contribution < 1.29 is 0 Å². The van der Waals surface area contributed by atoms with Gasteiger partial charge in [0, 0.05) is 6.07 Å². The van der Waals surface area contributed by atoms with Gasteiger partial charge in [0.05, 0.1) is 11.7 Å². The summed E-state index contributed by atoms with van der Waals surface area (Å²) in [6.45, 7) is 8.96. The van der Waals surface area contributed by atoms with Crippen LogP contribution < -0.4 is 5.73 Å². The van der Waals surface area contributed by atoms with Gasteiger partial charge in [0.1, 0.15) is 5.82 Å². The highest BCUT2D eigenvalue weighted by Gasteiger charge is 2.38. The molecule has 1 fully saturated rings. The maximum Gasteiger partial charge on any atom is 0.122 e. The van der Waals surface area contributed by atoms with Crippen LogP contribution in [0.1, 0.15) is 45.3 Å². The Morgan fingerprint density at radius 1 is 1.47 bits per heavy atom. The number of rotatable bonds is 1. The van der Waals surface area contributed by atoms with Crippen LogP contribution in [0.5, 0.6) is 0 Å². The summed E-state index contributed by atoms with van der Waals surface area (Å²) in [6.07, 6.45) is 2.44. The molecule has 15 heavy (non-hydrogen) atoms. The minimum Gasteiger partial charge on any atom is -0.384 e. The molecular weight excluding hydrogens is 186 g/mol. The second kappa shape index (κ2) is 3.26. The topological polar surface area (TPSA) is 43.8 Å². The fraction of sp³-hybridized carbons (Fsp3) is 0.750. The van der Waals surface area contributed by atoms with Crippen molar-refractivity contribution in [3.8, 4) is 0 Å². The van der Waals surface area contributed by atoms with Crippen molar-refractivity contribution >= 4 is 5.82 Å². The van der Waals surface area contributed by atoms with E-state index in [0.717, 1.165) is 11.5 Å². The maximum absolute atomic E-state index is 5.97. The zero-order valence-electron chi connectivity index (χ0n) is 10.1. The van der Waals surface area contributed by atoms with Crippen LogP contribution in [0.3, 0.4) is 0 Å². The molecule has 0 aliphatic heterocycles. The van der Waals surface area contributed by atoms with Crippen LogP contribution in [-0.4, -0.2) is 9.78 Å². The Morgan fingerprint density at radius 3 is 2.53 bits per heavy atom. The highest BCUT2D eigenvalue weighted by molar-refractivity contribution is 5.31. The molecule has 1 aromatic rings. The third-order valence-electron chi connectivity index (χ3n) is 3.49. The average Bonchev–Trinajstić information content (AvgIpc) is 2.52. The molecule has 3 nitrogen and oxygen atoms in total. The number of hydrogen-bond acceptors (Lipinski definition) is 2. The molecule has 3 heteroatoms. The van der Waals surface area contributed by atoms with Gasteiger partial charge in [-0.3, -0.25) is 0 Å². The number of nitrogens with zero attached hydrogens (tertiary/aromatic N) is 2. The van der Waals surface area contributed by atoms with Crippen LogP contribution >= 0.6 is 0 Å². The molecule has 0 saturated heterocycles. The average molecular weight is 207 g/mol. The molecule has 0 spiro atoms. The first kappa shape index (κ1) is 10.5. The number of anilines is 1. The number of aromatic nitrogens is 2. The van der Waals surface area contributed by atoms with E-state index in [0.29, 0.717) is 17.4 Å². The number of hydrogen-bond donors (Lipinski definition) is 1. The Kier molecular flexibility index (Phi) is 2.28. The lowest BCUT2D eigenvalue weighted by Crippen LogP contribution is -2.16. The first-order chi connectivity index (χ1) is 6.89. The second-order valence-corrected chi connectivity index (χ2v) is 5.77. The lowest BCUT2D eigenvalue weighted by molar-refractivity contribution is 0.350. The van der Waals surface area contributed by atoms with Gasteiger partial charge in [0.15, 0.2) is 0 Å². The molecular formula is C12H21N3. The van der Waals surface area contributed by atoms with Gasteiger partial charge in [-0.15, -0.1) is 0 Å². The number of aryl methyl sites for hydroxylation is 1. The molecule has 0 aromatic carbocycles. The van der Waals surface area contributed by atoms with Crippen molar-refractivity contribution in [3.05, 3.63) is 11.8 Å². The van der Waals surface area contributed by atoms with Gasteiger partial charge < -0.3 is 5.73 Å². The highest BCUT2D eigenvalue weighted by Crippen LogP contribution is 2.47. The standard InChI is InChI=1S/C12H21N3/c1-8-6-12(3,4)7-10(8)15-11(13)5-9(2)14-15/h5,8,10H,6-7,13H2,1-4H3. The van der Waals surface area contributed by atoms with Crippen LogP contribution in [0.15, 0.2) is 6.07 Å². The molecule has 0 amide bonds. The van der Waals surface area contributed by atoms with Crippen molar-refractivity contribution in [3.63, 3.8) is 0 Å². The summed E-state index contributed by atoms with van der Waals surface area (Å²) in [5, 5.41) is 4.50. The van der Waals surface area contributed by atoms with Gasteiger partial charge >= 0.3 is 0 Å². The molecule has 84 valence electrons. The van der Waals surface area contributed by atoms with E-state index in [1.54, 1.807) is 0 Å². The smallest absolute Gasteiger partial charge is 0.122 e. The SMILES string of the molecule is Cc1cc(N)n(C2CC(C)(C)CC2C)n1. The molecule has 2 N–H and O–H groups in total. The van der Waals surface area contributed by atoms with Crippen molar-refractivity contribution in [1.29, 1.82) is 0 Å². The van der Waals surface area contributed by atoms with Gasteiger partial charge in [-0.2, -0.15) is 5.10 Å². The molecule has 1 heterocycles. The second-order valence-electron chi connectivity index (χ2n) is 5.77. The molecule has 1 aliphatic carbocycles. The highest BCUT2D eigenvalue weighted by atomic mass is 15.3. The number of nitrogen functional groups attached to an aromatic ring is 1. The molecule has 1 saturated carbocycles. The predicted molar refractivity (Wildman–Crippen MR) is 62.6 cm³/mol. The third-order valence-corrected chi connectivity index (χ3v) is 3.49. The summed E-state index contributed by atoms with van der Waals surface area (Å²) in [4.78, 5) is 0. The Labute approximate surface area is 91.7 Å². The Bertz CT molecular complexity index is 365. The van der Waals surface area contributed by atoms with Gasteiger partial charge in [-0.05, 0) is 31.1 Å². The van der Waals surface area contributed by atoms with Crippen molar-refractivity contribution in [2.75, 3.05) is 5.73 Å². The van der Waals surface area contributed by atoms with Crippen LogP contribution in [-0.2, 0) is 0 Å². The first-order valence-corrected chi connectivity index (χ1v) is 5.71.